The van der Waals surface area contributed by atoms with Gasteiger partial charge in [-0.05, 0) is 49.9 Å². The van der Waals surface area contributed by atoms with Gasteiger partial charge in [-0.3, -0.25) is 15.0 Å². The lowest BCUT2D eigenvalue weighted by molar-refractivity contribution is -0.129. The summed E-state index contributed by atoms with van der Waals surface area (Å²) in [4.78, 5) is 25.7. The summed E-state index contributed by atoms with van der Waals surface area (Å²) in [7, 11) is 0. The molecule has 2 atom stereocenters. The van der Waals surface area contributed by atoms with Gasteiger partial charge in [-0.25, -0.2) is 0 Å². The normalized spacial score (nSPS) is 12.6. The topological polar surface area (TPSA) is 134 Å². The molecule has 0 radical (unpaired) electrons. The molecule has 0 aliphatic rings. The summed E-state index contributed by atoms with van der Waals surface area (Å²) in [5.74, 6) is -0.475. The molecule has 0 aromatic heterocycles. The molecule has 7 heteroatoms. The molecule has 184 valence electrons. The third-order valence-electron chi connectivity index (χ3n) is 5.91. The highest BCUT2D eigenvalue weighted by Crippen LogP contribution is 2.12. The Morgan fingerprint density at radius 3 is 2.32 bits per heavy atom. The first-order chi connectivity index (χ1) is 16.4. The number of Topliss-reactive ketones (excluding diaryl/α,β-unsaturated/α-hetero) is 1. The van der Waals surface area contributed by atoms with Gasteiger partial charge in [0.25, 0.3) is 0 Å². The number of carbonyl (C=O) groups is 2. The summed E-state index contributed by atoms with van der Waals surface area (Å²) in [6.07, 6.45) is 4.71. The van der Waals surface area contributed by atoms with Crippen molar-refractivity contribution < 1.29 is 9.59 Å². The maximum Gasteiger partial charge on any atom is 0.223 e. The average Bonchev–Trinajstić information content (AvgIpc) is 2.84. The Hall–Kier alpha value is -3.03. The van der Waals surface area contributed by atoms with E-state index in [0.717, 1.165) is 37.8 Å². The third kappa shape index (κ3) is 9.85. The summed E-state index contributed by atoms with van der Waals surface area (Å²) in [6.45, 7) is 3.61. The number of nitrogen functional groups attached to an aromatic ring is 1. The van der Waals surface area contributed by atoms with Crippen molar-refractivity contribution in [3.8, 4) is 0 Å². The number of ketones is 1. The van der Waals surface area contributed by atoms with Crippen LogP contribution in [0.1, 0.15) is 55.7 Å². The van der Waals surface area contributed by atoms with Crippen LogP contribution in [0.5, 0.6) is 0 Å². The molecule has 0 saturated carbocycles. The van der Waals surface area contributed by atoms with E-state index in [9.17, 15) is 9.59 Å². The minimum Gasteiger partial charge on any atom is -0.384 e. The van der Waals surface area contributed by atoms with Crippen LogP contribution in [-0.4, -0.2) is 36.7 Å². The van der Waals surface area contributed by atoms with E-state index in [1.54, 1.807) is 19.1 Å². The second-order valence-corrected chi connectivity index (χ2v) is 8.78. The number of nitrogens with one attached hydrogen (secondary N) is 3. The van der Waals surface area contributed by atoms with Gasteiger partial charge in [0.15, 0.2) is 5.78 Å². The van der Waals surface area contributed by atoms with Crippen LogP contribution >= 0.6 is 0 Å². The fourth-order valence-electron chi connectivity index (χ4n) is 3.76. The molecule has 2 aromatic carbocycles. The molecule has 7 nitrogen and oxygen atoms in total. The van der Waals surface area contributed by atoms with Crippen LogP contribution in [0, 0.1) is 11.3 Å². The maximum absolute atomic E-state index is 13.1. The molecule has 1 amide bonds. The number of hydrogen-bond acceptors (Lipinski definition) is 5. The SMILES string of the molecule is C[C@H](CC(=O)[C@@H](CCc1ccccc1)NCCCCCN)C(=O)NCc1ccc(C(=N)N)cc1. The number of rotatable bonds is 16. The zero-order chi connectivity index (χ0) is 24.8. The fraction of sp³-hybridized carbons (Fsp3) is 0.444. The van der Waals surface area contributed by atoms with Crippen LogP contribution in [0.15, 0.2) is 54.6 Å². The number of carbonyl (C=O) groups excluding carboxylic acids is 2. The Bertz CT molecular complexity index is 899. The molecule has 34 heavy (non-hydrogen) atoms. The molecule has 0 unspecified atom stereocenters. The number of benzene rings is 2. The van der Waals surface area contributed by atoms with Crippen molar-refractivity contribution in [1.29, 1.82) is 5.41 Å². The molecule has 2 aromatic rings. The Balaban J connectivity index is 1.86. The Labute approximate surface area is 203 Å². The van der Waals surface area contributed by atoms with Crippen LogP contribution < -0.4 is 22.1 Å². The van der Waals surface area contributed by atoms with Gasteiger partial charge in [0.05, 0.1) is 6.04 Å². The minimum atomic E-state index is -0.415. The number of aryl methyl sites for hydroxylation is 1. The van der Waals surface area contributed by atoms with E-state index < -0.39 is 5.92 Å². The van der Waals surface area contributed by atoms with E-state index in [1.165, 1.54) is 5.56 Å². The van der Waals surface area contributed by atoms with E-state index >= 15 is 0 Å². The van der Waals surface area contributed by atoms with Gasteiger partial charge in [0.1, 0.15) is 5.84 Å². The van der Waals surface area contributed by atoms with E-state index in [4.69, 9.17) is 16.9 Å². The number of amidine groups is 1. The van der Waals surface area contributed by atoms with E-state index in [2.05, 4.69) is 22.8 Å². The highest BCUT2D eigenvalue weighted by atomic mass is 16.2. The largest absolute Gasteiger partial charge is 0.384 e. The third-order valence-corrected chi connectivity index (χ3v) is 5.91. The van der Waals surface area contributed by atoms with Gasteiger partial charge >= 0.3 is 0 Å². The second-order valence-electron chi connectivity index (χ2n) is 8.78. The highest BCUT2D eigenvalue weighted by Gasteiger charge is 2.23. The molecule has 2 rings (SSSR count). The number of amides is 1. The predicted molar refractivity (Wildman–Crippen MR) is 138 cm³/mol. The molecule has 0 aliphatic heterocycles. The molecule has 0 aliphatic carbocycles. The lowest BCUT2D eigenvalue weighted by Crippen LogP contribution is -2.40. The molecule has 0 fully saturated rings. The molecular weight excluding hydrogens is 426 g/mol. The number of hydrogen-bond donors (Lipinski definition) is 5. The first-order valence-electron chi connectivity index (χ1n) is 12.1. The van der Waals surface area contributed by atoms with Crippen molar-refractivity contribution in [3.63, 3.8) is 0 Å². The zero-order valence-electron chi connectivity index (χ0n) is 20.2. The average molecular weight is 466 g/mol. The highest BCUT2D eigenvalue weighted by molar-refractivity contribution is 5.94. The van der Waals surface area contributed by atoms with Crippen molar-refractivity contribution in [2.45, 2.75) is 58.0 Å². The van der Waals surface area contributed by atoms with Gasteiger partial charge < -0.3 is 22.1 Å². The Kier molecular flexibility index (Phi) is 12.0. The van der Waals surface area contributed by atoms with Crippen LogP contribution in [0.4, 0.5) is 0 Å². The van der Waals surface area contributed by atoms with Crippen molar-refractivity contribution in [1.82, 2.24) is 10.6 Å². The minimum absolute atomic E-state index is 0.0116. The number of unbranched alkanes of at least 4 members (excludes halogenated alkanes) is 2. The van der Waals surface area contributed by atoms with E-state index in [1.807, 2.05) is 30.3 Å². The standard InChI is InChI=1S/C27H39N5O2/c1-20(27(34)32-19-22-10-13-23(14-11-22)26(29)30)18-25(33)24(31-17-7-3-6-16-28)15-12-21-8-4-2-5-9-21/h2,4-5,8-11,13-14,20,24,31H,3,6-7,12,15-19,28H2,1H3,(H3,29,30)(H,32,34)/t20-,24-/m1/s1. The number of nitrogens with two attached hydrogens (primary N) is 2. The predicted octanol–water partition coefficient (Wildman–Crippen LogP) is 2.90. The van der Waals surface area contributed by atoms with Gasteiger partial charge in [-0.1, -0.05) is 67.9 Å². The first-order valence-corrected chi connectivity index (χ1v) is 12.1. The fourth-order valence-corrected chi connectivity index (χ4v) is 3.76. The Morgan fingerprint density at radius 1 is 0.971 bits per heavy atom. The first kappa shape index (κ1) is 27.2. The van der Waals surface area contributed by atoms with Gasteiger partial charge in [0, 0.05) is 24.4 Å². The lowest BCUT2D eigenvalue weighted by atomic mass is 9.95. The zero-order valence-corrected chi connectivity index (χ0v) is 20.2. The smallest absolute Gasteiger partial charge is 0.223 e. The summed E-state index contributed by atoms with van der Waals surface area (Å²) in [5, 5.41) is 13.8. The summed E-state index contributed by atoms with van der Waals surface area (Å²) >= 11 is 0. The lowest BCUT2D eigenvalue weighted by Gasteiger charge is -2.20. The van der Waals surface area contributed by atoms with Crippen molar-refractivity contribution in [2.24, 2.45) is 17.4 Å². The molecule has 0 heterocycles. The summed E-state index contributed by atoms with van der Waals surface area (Å²) < 4.78 is 0. The van der Waals surface area contributed by atoms with Crippen molar-refractivity contribution >= 4 is 17.5 Å². The molecule has 7 N–H and O–H groups in total. The monoisotopic (exact) mass is 465 g/mol. The summed E-state index contributed by atoms with van der Waals surface area (Å²) in [6, 6.07) is 17.1. The van der Waals surface area contributed by atoms with Crippen LogP contribution in [0.25, 0.3) is 0 Å². The van der Waals surface area contributed by atoms with Crippen molar-refractivity contribution in [3.05, 3.63) is 71.3 Å². The van der Waals surface area contributed by atoms with Gasteiger partial charge in [-0.15, -0.1) is 0 Å². The van der Waals surface area contributed by atoms with Gasteiger partial charge in [-0.2, -0.15) is 0 Å². The van der Waals surface area contributed by atoms with Crippen LogP contribution in [0.3, 0.4) is 0 Å². The molecule has 0 spiro atoms. The van der Waals surface area contributed by atoms with E-state index in [-0.39, 0.29) is 30.0 Å². The molecular formula is C27H39N5O2. The van der Waals surface area contributed by atoms with Crippen LogP contribution in [-0.2, 0) is 22.6 Å². The maximum atomic E-state index is 13.1. The quantitative estimate of drug-likeness (QED) is 0.148. The second kappa shape index (κ2) is 15.0. The van der Waals surface area contributed by atoms with Crippen molar-refractivity contribution in [2.75, 3.05) is 13.1 Å². The van der Waals surface area contributed by atoms with E-state index in [0.29, 0.717) is 25.1 Å². The van der Waals surface area contributed by atoms with Gasteiger partial charge in [0.2, 0.25) is 5.91 Å². The summed E-state index contributed by atoms with van der Waals surface area (Å²) in [5.41, 5.74) is 13.8. The van der Waals surface area contributed by atoms with Crippen LogP contribution in [0.2, 0.25) is 0 Å². The Morgan fingerprint density at radius 2 is 1.68 bits per heavy atom. The molecule has 0 saturated heterocycles. The molecule has 0 bridgehead atoms.